The van der Waals surface area contributed by atoms with Crippen LogP contribution in [0.4, 0.5) is 0 Å². The van der Waals surface area contributed by atoms with Crippen molar-refractivity contribution in [1.29, 1.82) is 0 Å². The molecule has 0 saturated heterocycles. The number of imidazole rings is 1. The molecule has 1 unspecified atom stereocenters. The zero-order valence-electron chi connectivity index (χ0n) is 11.5. The molecule has 3 heteroatoms. The molecule has 1 aromatic heterocycles. The second-order valence-electron chi connectivity index (χ2n) is 5.65. The third-order valence-electron chi connectivity index (χ3n) is 4.30. The smallest absolute Gasteiger partial charge is 0.112 e. The summed E-state index contributed by atoms with van der Waals surface area (Å²) >= 11 is 0. The lowest BCUT2D eigenvalue weighted by Gasteiger charge is -2.27. The maximum absolute atomic E-state index is 10.2. The van der Waals surface area contributed by atoms with Crippen molar-refractivity contribution >= 4 is 11.0 Å². The SMILES string of the molecule is CCn1c(CC(O)CC2CCC2)nc2ccccc21. The molecule has 1 atom stereocenters. The van der Waals surface area contributed by atoms with Crippen LogP contribution >= 0.6 is 0 Å². The molecule has 0 radical (unpaired) electrons. The Morgan fingerprint density at radius 1 is 1.37 bits per heavy atom. The average molecular weight is 258 g/mol. The van der Waals surface area contributed by atoms with Crippen molar-refractivity contribution in [1.82, 2.24) is 9.55 Å². The lowest BCUT2D eigenvalue weighted by atomic mass is 9.81. The van der Waals surface area contributed by atoms with Gasteiger partial charge in [0.1, 0.15) is 5.82 Å². The summed E-state index contributed by atoms with van der Waals surface area (Å²) in [6, 6.07) is 8.21. The number of para-hydroxylation sites is 2. The molecule has 1 heterocycles. The minimum Gasteiger partial charge on any atom is -0.393 e. The topological polar surface area (TPSA) is 38.0 Å². The van der Waals surface area contributed by atoms with Crippen LogP contribution in [0, 0.1) is 5.92 Å². The van der Waals surface area contributed by atoms with Crippen LogP contribution in [0.1, 0.15) is 38.4 Å². The highest BCUT2D eigenvalue weighted by Crippen LogP contribution is 2.31. The van der Waals surface area contributed by atoms with Gasteiger partial charge < -0.3 is 9.67 Å². The van der Waals surface area contributed by atoms with Gasteiger partial charge in [-0.15, -0.1) is 0 Å². The number of hydrogen-bond donors (Lipinski definition) is 1. The highest BCUT2D eigenvalue weighted by atomic mass is 16.3. The first-order valence-corrected chi connectivity index (χ1v) is 7.40. The molecular weight excluding hydrogens is 236 g/mol. The minimum atomic E-state index is -0.243. The Kier molecular flexibility index (Phi) is 3.56. The van der Waals surface area contributed by atoms with Crippen molar-refractivity contribution < 1.29 is 5.11 Å². The van der Waals surface area contributed by atoms with Crippen LogP contribution in [0.3, 0.4) is 0 Å². The fraction of sp³-hybridized carbons (Fsp3) is 0.562. The monoisotopic (exact) mass is 258 g/mol. The van der Waals surface area contributed by atoms with Crippen molar-refractivity contribution in [3.8, 4) is 0 Å². The molecule has 0 bridgehead atoms. The summed E-state index contributed by atoms with van der Waals surface area (Å²) in [6.07, 6.45) is 5.30. The molecule has 19 heavy (non-hydrogen) atoms. The molecule has 0 aliphatic heterocycles. The van der Waals surface area contributed by atoms with Crippen molar-refractivity contribution in [2.24, 2.45) is 5.92 Å². The number of hydrogen-bond acceptors (Lipinski definition) is 2. The Morgan fingerprint density at radius 3 is 2.84 bits per heavy atom. The van der Waals surface area contributed by atoms with Gasteiger partial charge in [-0.1, -0.05) is 31.4 Å². The number of benzene rings is 1. The molecule has 3 rings (SSSR count). The number of rotatable bonds is 5. The first kappa shape index (κ1) is 12.7. The van der Waals surface area contributed by atoms with Gasteiger partial charge in [0.15, 0.2) is 0 Å². The lowest BCUT2D eigenvalue weighted by molar-refractivity contribution is 0.115. The second-order valence-corrected chi connectivity index (χ2v) is 5.65. The molecule has 0 amide bonds. The van der Waals surface area contributed by atoms with E-state index >= 15 is 0 Å². The number of fused-ring (bicyclic) bond motifs is 1. The second kappa shape index (κ2) is 5.33. The summed E-state index contributed by atoms with van der Waals surface area (Å²) in [6.45, 7) is 3.04. The average Bonchev–Trinajstić information content (AvgIpc) is 2.71. The fourth-order valence-electron chi connectivity index (χ4n) is 3.04. The Balaban J connectivity index is 1.79. The van der Waals surface area contributed by atoms with Crippen LogP contribution in [0.2, 0.25) is 0 Å². The first-order chi connectivity index (χ1) is 9.28. The number of aromatic nitrogens is 2. The third-order valence-corrected chi connectivity index (χ3v) is 4.30. The van der Waals surface area contributed by atoms with Gasteiger partial charge in [0, 0.05) is 13.0 Å². The minimum absolute atomic E-state index is 0.243. The summed E-state index contributed by atoms with van der Waals surface area (Å²) < 4.78 is 2.22. The summed E-state index contributed by atoms with van der Waals surface area (Å²) in [5, 5.41) is 10.2. The predicted molar refractivity (Wildman–Crippen MR) is 77.1 cm³/mol. The standard InChI is InChI=1S/C16H22N2O/c1-2-18-15-9-4-3-8-14(15)17-16(18)11-13(19)10-12-6-5-7-12/h3-4,8-9,12-13,19H,2,5-7,10-11H2,1H3. The maximum Gasteiger partial charge on any atom is 0.112 e. The van der Waals surface area contributed by atoms with Gasteiger partial charge in [-0.3, -0.25) is 0 Å². The Morgan fingerprint density at radius 2 is 2.16 bits per heavy atom. The van der Waals surface area contributed by atoms with Crippen LogP contribution in [0.25, 0.3) is 11.0 Å². The zero-order valence-corrected chi connectivity index (χ0v) is 11.5. The first-order valence-electron chi connectivity index (χ1n) is 7.40. The van der Waals surface area contributed by atoms with E-state index in [-0.39, 0.29) is 6.10 Å². The highest BCUT2D eigenvalue weighted by Gasteiger charge is 2.22. The van der Waals surface area contributed by atoms with Gasteiger partial charge in [0.05, 0.1) is 17.1 Å². The molecule has 1 saturated carbocycles. The maximum atomic E-state index is 10.2. The highest BCUT2D eigenvalue weighted by molar-refractivity contribution is 5.75. The molecule has 0 spiro atoms. The lowest BCUT2D eigenvalue weighted by Crippen LogP contribution is -2.22. The molecule has 2 aromatic rings. The quantitative estimate of drug-likeness (QED) is 0.894. The predicted octanol–water partition coefficient (Wildman–Crippen LogP) is 3.15. The molecule has 1 aliphatic rings. The van der Waals surface area contributed by atoms with Crippen molar-refractivity contribution in [3.63, 3.8) is 0 Å². The van der Waals surface area contributed by atoms with Gasteiger partial charge in [0.2, 0.25) is 0 Å². The normalized spacial score (nSPS) is 17.6. The number of aliphatic hydroxyl groups is 1. The van der Waals surface area contributed by atoms with Gasteiger partial charge in [-0.2, -0.15) is 0 Å². The van der Waals surface area contributed by atoms with Gasteiger partial charge in [0.25, 0.3) is 0 Å². The fourth-order valence-corrected chi connectivity index (χ4v) is 3.04. The van der Waals surface area contributed by atoms with Crippen LogP contribution in [0.15, 0.2) is 24.3 Å². The molecular formula is C16H22N2O. The van der Waals surface area contributed by atoms with Gasteiger partial charge in [-0.05, 0) is 31.4 Å². The van der Waals surface area contributed by atoms with E-state index in [0.29, 0.717) is 6.42 Å². The van der Waals surface area contributed by atoms with Crippen LogP contribution in [-0.4, -0.2) is 20.8 Å². The van der Waals surface area contributed by atoms with E-state index in [1.807, 2.05) is 18.2 Å². The molecule has 1 N–H and O–H groups in total. The molecule has 3 nitrogen and oxygen atoms in total. The van der Waals surface area contributed by atoms with Crippen LogP contribution in [0.5, 0.6) is 0 Å². The van der Waals surface area contributed by atoms with Crippen molar-refractivity contribution in [3.05, 3.63) is 30.1 Å². The number of aliphatic hydroxyl groups excluding tert-OH is 1. The molecule has 1 fully saturated rings. The van der Waals surface area contributed by atoms with Gasteiger partial charge >= 0.3 is 0 Å². The Labute approximate surface area is 114 Å². The molecule has 102 valence electrons. The number of nitrogens with zero attached hydrogens (tertiary/aromatic N) is 2. The van der Waals surface area contributed by atoms with Crippen LogP contribution in [-0.2, 0) is 13.0 Å². The Bertz CT molecular complexity index is 557. The largest absolute Gasteiger partial charge is 0.393 e. The molecule has 1 aliphatic carbocycles. The van der Waals surface area contributed by atoms with E-state index in [4.69, 9.17) is 0 Å². The summed E-state index contributed by atoms with van der Waals surface area (Å²) in [5.74, 6) is 1.77. The van der Waals surface area contributed by atoms with E-state index < -0.39 is 0 Å². The van der Waals surface area contributed by atoms with E-state index in [0.717, 1.165) is 30.2 Å². The third kappa shape index (κ3) is 2.52. The summed E-state index contributed by atoms with van der Waals surface area (Å²) in [7, 11) is 0. The number of aryl methyl sites for hydroxylation is 1. The van der Waals surface area contributed by atoms with E-state index in [2.05, 4.69) is 22.5 Å². The zero-order chi connectivity index (χ0) is 13.2. The van der Waals surface area contributed by atoms with Gasteiger partial charge in [-0.25, -0.2) is 4.98 Å². The van der Waals surface area contributed by atoms with E-state index in [9.17, 15) is 5.11 Å². The summed E-state index contributed by atoms with van der Waals surface area (Å²) in [4.78, 5) is 4.68. The summed E-state index contributed by atoms with van der Waals surface area (Å²) in [5.41, 5.74) is 2.21. The van der Waals surface area contributed by atoms with E-state index in [1.165, 1.54) is 24.8 Å². The van der Waals surface area contributed by atoms with E-state index in [1.54, 1.807) is 0 Å². The molecule has 1 aromatic carbocycles. The van der Waals surface area contributed by atoms with Crippen molar-refractivity contribution in [2.75, 3.05) is 0 Å². The van der Waals surface area contributed by atoms with Crippen LogP contribution < -0.4 is 0 Å². The Hall–Kier alpha value is -1.35. The van der Waals surface area contributed by atoms with Crippen molar-refractivity contribution in [2.45, 2.75) is 51.7 Å².